The van der Waals surface area contributed by atoms with Crippen LogP contribution in [0.3, 0.4) is 0 Å². The summed E-state index contributed by atoms with van der Waals surface area (Å²) in [6.07, 6.45) is 3.42. The Morgan fingerprint density at radius 3 is 3.00 bits per heavy atom. The maximum absolute atomic E-state index is 11.5. The molecule has 1 saturated heterocycles. The molecule has 5 nitrogen and oxygen atoms in total. The van der Waals surface area contributed by atoms with Gasteiger partial charge in [0.25, 0.3) is 0 Å². The molecule has 0 saturated carbocycles. The minimum atomic E-state index is 0.0494. The summed E-state index contributed by atoms with van der Waals surface area (Å²) in [4.78, 5) is 21.0. The Hall–Kier alpha value is -1.17. The Kier molecular flexibility index (Phi) is 2.37. The number of carbonyl (C=O) groups excluding carboxylic acids is 1. The summed E-state index contributed by atoms with van der Waals surface area (Å²) in [6, 6.07) is 0. The van der Waals surface area contributed by atoms with Crippen molar-refractivity contribution in [3.05, 3.63) is 12.5 Å². The number of nitrogens with two attached hydrogens (primary N) is 1. The third kappa shape index (κ3) is 1.57. The minimum Gasteiger partial charge on any atom is -0.382 e. The second-order valence-corrected chi connectivity index (χ2v) is 4.39. The maximum Gasteiger partial charge on any atom is 0.228 e. The van der Waals surface area contributed by atoms with Crippen molar-refractivity contribution in [2.75, 3.05) is 17.2 Å². The Morgan fingerprint density at radius 2 is 2.43 bits per heavy atom. The zero-order valence-corrected chi connectivity index (χ0v) is 8.94. The first kappa shape index (κ1) is 9.39. The molecule has 0 spiro atoms. The highest BCUT2D eigenvalue weighted by Crippen LogP contribution is 2.27. The fraction of sp³-hybridized carbons (Fsp3) is 0.375. The van der Waals surface area contributed by atoms with E-state index in [9.17, 15) is 4.79 Å². The summed E-state index contributed by atoms with van der Waals surface area (Å²) in [5.41, 5.74) is 6.24. The first-order valence-corrected chi connectivity index (χ1v) is 5.10. The van der Waals surface area contributed by atoms with E-state index >= 15 is 0 Å². The number of rotatable bonds is 1. The summed E-state index contributed by atoms with van der Waals surface area (Å²) in [5.74, 6) is 0.392. The van der Waals surface area contributed by atoms with Gasteiger partial charge in [0.1, 0.15) is 12.0 Å². The van der Waals surface area contributed by atoms with Crippen molar-refractivity contribution in [1.82, 2.24) is 9.97 Å². The molecular formula is C8H9BrN4O. The lowest BCUT2D eigenvalue weighted by Crippen LogP contribution is -2.26. The van der Waals surface area contributed by atoms with E-state index in [1.54, 1.807) is 11.1 Å². The molecule has 0 radical (unpaired) electrons. The highest BCUT2D eigenvalue weighted by atomic mass is 79.9. The molecule has 2 N–H and O–H groups in total. The van der Waals surface area contributed by atoms with Gasteiger partial charge in [0.05, 0.1) is 6.20 Å². The lowest BCUT2D eigenvalue weighted by molar-refractivity contribution is -0.117. The quantitative estimate of drug-likeness (QED) is 0.746. The van der Waals surface area contributed by atoms with Gasteiger partial charge in [-0.2, -0.15) is 0 Å². The first-order chi connectivity index (χ1) is 6.68. The first-order valence-electron chi connectivity index (χ1n) is 4.18. The molecule has 1 fully saturated rings. The summed E-state index contributed by atoms with van der Waals surface area (Å²) >= 11 is 3.40. The Balaban J connectivity index is 2.32. The molecule has 1 atom stereocenters. The van der Waals surface area contributed by atoms with E-state index in [1.807, 2.05) is 0 Å². The molecule has 1 aliphatic rings. The number of hydrogen-bond acceptors (Lipinski definition) is 4. The molecule has 2 rings (SSSR count). The van der Waals surface area contributed by atoms with Crippen molar-refractivity contribution < 1.29 is 4.79 Å². The fourth-order valence-electron chi connectivity index (χ4n) is 1.44. The highest BCUT2D eigenvalue weighted by molar-refractivity contribution is 9.09. The van der Waals surface area contributed by atoms with Crippen molar-refractivity contribution in [3.8, 4) is 0 Å². The van der Waals surface area contributed by atoms with Crippen LogP contribution in [0.5, 0.6) is 0 Å². The van der Waals surface area contributed by atoms with Crippen molar-refractivity contribution in [2.24, 2.45) is 0 Å². The van der Waals surface area contributed by atoms with Gasteiger partial charge in [-0.25, -0.2) is 9.97 Å². The van der Waals surface area contributed by atoms with Gasteiger partial charge in [-0.15, -0.1) is 0 Å². The third-order valence-electron chi connectivity index (χ3n) is 2.09. The summed E-state index contributed by atoms with van der Waals surface area (Å²) < 4.78 is 0. The van der Waals surface area contributed by atoms with Gasteiger partial charge in [0.15, 0.2) is 5.82 Å². The average Bonchev–Trinajstić information content (AvgIpc) is 2.46. The molecule has 74 valence electrons. The van der Waals surface area contributed by atoms with E-state index in [2.05, 4.69) is 25.9 Å². The molecule has 1 unspecified atom stereocenters. The molecule has 2 heterocycles. The van der Waals surface area contributed by atoms with Crippen LogP contribution >= 0.6 is 15.9 Å². The summed E-state index contributed by atoms with van der Waals surface area (Å²) in [7, 11) is 0. The van der Waals surface area contributed by atoms with Gasteiger partial charge < -0.3 is 10.6 Å². The molecule has 0 aliphatic carbocycles. The minimum absolute atomic E-state index is 0.0494. The maximum atomic E-state index is 11.5. The largest absolute Gasteiger partial charge is 0.382 e. The van der Waals surface area contributed by atoms with E-state index in [4.69, 9.17) is 5.73 Å². The molecule has 1 aromatic heterocycles. The van der Waals surface area contributed by atoms with Crippen LogP contribution in [0.2, 0.25) is 0 Å². The number of nitrogen functional groups attached to an aromatic ring is 1. The smallest absolute Gasteiger partial charge is 0.228 e. The normalized spacial score (nSPS) is 21.6. The molecular weight excluding hydrogens is 248 g/mol. The molecule has 6 heteroatoms. The van der Waals surface area contributed by atoms with Crippen molar-refractivity contribution in [3.63, 3.8) is 0 Å². The van der Waals surface area contributed by atoms with Gasteiger partial charge >= 0.3 is 0 Å². The number of carbonyl (C=O) groups is 1. The van der Waals surface area contributed by atoms with Gasteiger partial charge in [-0.1, -0.05) is 15.9 Å². The zero-order valence-electron chi connectivity index (χ0n) is 7.35. The van der Waals surface area contributed by atoms with E-state index in [0.29, 0.717) is 24.5 Å². The number of alkyl halides is 1. The number of amides is 1. The molecule has 1 amide bonds. The van der Waals surface area contributed by atoms with Crippen LogP contribution in [-0.4, -0.2) is 27.2 Å². The van der Waals surface area contributed by atoms with Crippen LogP contribution in [0.1, 0.15) is 6.42 Å². The molecule has 1 aliphatic heterocycles. The second-order valence-electron chi connectivity index (χ2n) is 3.10. The highest BCUT2D eigenvalue weighted by Gasteiger charge is 2.30. The van der Waals surface area contributed by atoms with Crippen molar-refractivity contribution in [2.45, 2.75) is 11.2 Å². The van der Waals surface area contributed by atoms with Gasteiger partial charge in [-0.3, -0.25) is 4.79 Å². The number of nitrogens with zero attached hydrogens (tertiary/aromatic N) is 3. The van der Waals surface area contributed by atoms with Crippen LogP contribution in [0.25, 0.3) is 0 Å². The Bertz CT molecular complexity index is 370. The fourth-order valence-corrected chi connectivity index (χ4v) is 2.00. The van der Waals surface area contributed by atoms with Gasteiger partial charge in [0, 0.05) is 17.8 Å². The Morgan fingerprint density at radius 1 is 1.64 bits per heavy atom. The van der Waals surface area contributed by atoms with Gasteiger partial charge in [-0.05, 0) is 0 Å². The molecule has 0 aromatic carbocycles. The number of anilines is 2. The predicted molar refractivity (Wildman–Crippen MR) is 56.1 cm³/mol. The van der Waals surface area contributed by atoms with E-state index in [0.717, 1.165) is 0 Å². The Labute approximate surface area is 89.5 Å². The van der Waals surface area contributed by atoms with Crippen LogP contribution in [-0.2, 0) is 4.79 Å². The summed E-state index contributed by atoms with van der Waals surface area (Å²) in [6.45, 7) is 0.621. The van der Waals surface area contributed by atoms with E-state index in [1.165, 1.54) is 6.33 Å². The number of halogens is 1. The van der Waals surface area contributed by atoms with Crippen LogP contribution in [0.4, 0.5) is 11.5 Å². The number of hydrogen-bond donors (Lipinski definition) is 1. The monoisotopic (exact) mass is 256 g/mol. The number of aromatic nitrogens is 2. The van der Waals surface area contributed by atoms with E-state index in [-0.39, 0.29) is 10.7 Å². The lowest BCUT2D eigenvalue weighted by atomic mass is 10.4. The van der Waals surface area contributed by atoms with Gasteiger partial charge in [0.2, 0.25) is 5.91 Å². The van der Waals surface area contributed by atoms with Crippen LogP contribution in [0.15, 0.2) is 12.5 Å². The standard InChI is InChI=1S/C8H9BrN4O/c9-5-1-7(14)13(3-5)6-2-11-4-12-8(6)10/h2,4-5H,1,3H2,(H2,10,11,12). The molecule has 1 aromatic rings. The topological polar surface area (TPSA) is 72.1 Å². The third-order valence-corrected chi connectivity index (χ3v) is 2.70. The van der Waals surface area contributed by atoms with Crippen LogP contribution in [0, 0.1) is 0 Å². The molecule has 14 heavy (non-hydrogen) atoms. The lowest BCUT2D eigenvalue weighted by Gasteiger charge is -2.16. The predicted octanol–water partition coefficient (Wildman–Crippen LogP) is 0.559. The zero-order chi connectivity index (χ0) is 10.1. The van der Waals surface area contributed by atoms with Crippen LogP contribution < -0.4 is 10.6 Å². The van der Waals surface area contributed by atoms with E-state index < -0.39 is 0 Å². The SMILES string of the molecule is Nc1ncncc1N1CC(Br)CC1=O. The second kappa shape index (κ2) is 3.53. The van der Waals surface area contributed by atoms with Crippen molar-refractivity contribution >= 4 is 33.3 Å². The average molecular weight is 257 g/mol. The summed E-state index contributed by atoms with van der Waals surface area (Å²) in [5, 5.41) is 0. The molecule has 0 bridgehead atoms. The van der Waals surface area contributed by atoms with Crippen molar-refractivity contribution in [1.29, 1.82) is 0 Å².